The molecule has 0 amide bonds. The third-order valence-electron chi connectivity index (χ3n) is 1.33. The molecule has 0 aliphatic rings. The molecule has 0 bridgehead atoms. The molecule has 0 aliphatic heterocycles. The minimum absolute atomic E-state index is 0.0260. The van der Waals surface area contributed by atoms with Crippen molar-refractivity contribution < 1.29 is 4.79 Å². The van der Waals surface area contributed by atoms with Crippen LogP contribution in [0.4, 0.5) is 0 Å². The highest BCUT2D eigenvalue weighted by Crippen LogP contribution is 2.00. The van der Waals surface area contributed by atoms with Crippen LogP contribution in [-0.2, 0) is 4.79 Å². The first-order chi connectivity index (χ1) is 5.76. The summed E-state index contributed by atoms with van der Waals surface area (Å²) >= 11 is 0. The van der Waals surface area contributed by atoms with Crippen LogP contribution in [0.25, 0.3) is 0 Å². The molecule has 0 unspecified atom stereocenters. The van der Waals surface area contributed by atoms with Crippen molar-refractivity contribution >= 4 is 5.78 Å². The van der Waals surface area contributed by atoms with E-state index >= 15 is 0 Å². The zero-order valence-corrected chi connectivity index (χ0v) is 7.58. The van der Waals surface area contributed by atoms with Gasteiger partial charge in [0.25, 0.3) is 0 Å². The lowest BCUT2D eigenvalue weighted by Crippen LogP contribution is -1.94. The van der Waals surface area contributed by atoms with Gasteiger partial charge in [-0.2, -0.15) is 0 Å². The van der Waals surface area contributed by atoms with Gasteiger partial charge in [0.1, 0.15) is 0 Å². The average molecular weight is 162 g/mol. The standard InChI is InChI=1S/C11H14O/c1-4-7-9-10(6-3)11(12)8-5-2/h4-9H,1H2,2-3H3/b8-5+,9-7-,10-6+. The summed E-state index contributed by atoms with van der Waals surface area (Å²) in [4.78, 5) is 11.2. The van der Waals surface area contributed by atoms with Gasteiger partial charge in [-0.25, -0.2) is 0 Å². The third-order valence-corrected chi connectivity index (χ3v) is 1.33. The average Bonchev–Trinajstić information content (AvgIpc) is 2.06. The summed E-state index contributed by atoms with van der Waals surface area (Å²) in [5.41, 5.74) is 0.688. The van der Waals surface area contributed by atoms with Crippen molar-refractivity contribution in [3.05, 3.63) is 48.6 Å². The van der Waals surface area contributed by atoms with Gasteiger partial charge in [-0.1, -0.05) is 37.0 Å². The van der Waals surface area contributed by atoms with Crippen LogP contribution in [0.3, 0.4) is 0 Å². The maximum atomic E-state index is 11.2. The summed E-state index contributed by atoms with van der Waals surface area (Å²) in [6, 6.07) is 0. The minimum Gasteiger partial charge on any atom is -0.289 e. The van der Waals surface area contributed by atoms with Crippen molar-refractivity contribution in [2.75, 3.05) is 0 Å². The molecule has 0 aliphatic carbocycles. The van der Waals surface area contributed by atoms with E-state index in [0.29, 0.717) is 5.57 Å². The Bertz CT molecular complexity index is 242. The van der Waals surface area contributed by atoms with E-state index in [1.807, 2.05) is 13.8 Å². The molecule has 1 heteroatoms. The van der Waals surface area contributed by atoms with Crippen LogP contribution in [0.2, 0.25) is 0 Å². The van der Waals surface area contributed by atoms with Gasteiger partial charge in [0.2, 0.25) is 0 Å². The van der Waals surface area contributed by atoms with Gasteiger partial charge in [-0.3, -0.25) is 4.79 Å². The topological polar surface area (TPSA) is 17.1 Å². The fourth-order valence-corrected chi connectivity index (χ4v) is 0.740. The first-order valence-corrected chi connectivity index (χ1v) is 3.88. The van der Waals surface area contributed by atoms with Crippen molar-refractivity contribution in [1.82, 2.24) is 0 Å². The van der Waals surface area contributed by atoms with Gasteiger partial charge >= 0.3 is 0 Å². The van der Waals surface area contributed by atoms with Gasteiger partial charge in [0, 0.05) is 5.57 Å². The Hall–Kier alpha value is -1.37. The van der Waals surface area contributed by atoms with E-state index in [2.05, 4.69) is 6.58 Å². The lowest BCUT2D eigenvalue weighted by Gasteiger charge is -1.92. The van der Waals surface area contributed by atoms with Gasteiger partial charge in [-0.15, -0.1) is 0 Å². The molecular weight excluding hydrogens is 148 g/mol. The van der Waals surface area contributed by atoms with Crippen molar-refractivity contribution in [3.63, 3.8) is 0 Å². The maximum Gasteiger partial charge on any atom is 0.185 e. The summed E-state index contributed by atoms with van der Waals surface area (Å²) in [5, 5.41) is 0. The van der Waals surface area contributed by atoms with Gasteiger partial charge < -0.3 is 0 Å². The minimum atomic E-state index is 0.0260. The van der Waals surface area contributed by atoms with Crippen LogP contribution in [0.5, 0.6) is 0 Å². The molecule has 0 saturated carbocycles. The molecule has 0 atom stereocenters. The molecule has 0 saturated heterocycles. The second-order valence-electron chi connectivity index (χ2n) is 2.20. The summed E-state index contributed by atoms with van der Waals surface area (Å²) in [6.07, 6.45) is 10.2. The number of carbonyl (C=O) groups is 1. The highest BCUT2D eigenvalue weighted by atomic mass is 16.1. The van der Waals surface area contributed by atoms with E-state index in [1.54, 1.807) is 36.5 Å². The SMILES string of the molecule is C=C/C=C\C(=C/C)C(=O)/C=C/C. The Morgan fingerprint density at radius 1 is 1.25 bits per heavy atom. The molecule has 0 heterocycles. The zero-order valence-electron chi connectivity index (χ0n) is 7.58. The molecule has 0 rings (SSSR count). The Labute approximate surface area is 73.8 Å². The van der Waals surface area contributed by atoms with Crippen LogP contribution in [0.1, 0.15) is 13.8 Å². The predicted molar refractivity (Wildman–Crippen MR) is 52.9 cm³/mol. The molecule has 0 aromatic rings. The van der Waals surface area contributed by atoms with Crippen molar-refractivity contribution in [2.24, 2.45) is 0 Å². The van der Waals surface area contributed by atoms with E-state index in [-0.39, 0.29) is 5.78 Å². The molecule has 0 N–H and O–H groups in total. The Morgan fingerprint density at radius 3 is 2.33 bits per heavy atom. The number of hydrogen-bond acceptors (Lipinski definition) is 1. The monoisotopic (exact) mass is 162 g/mol. The first kappa shape index (κ1) is 10.6. The van der Waals surface area contributed by atoms with Crippen LogP contribution >= 0.6 is 0 Å². The van der Waals surface area contributed by atoms with Gasteiger partial charge in [0.15, 0.2) is 5.78 Å². The Balaban J connectivity index is 4.47. The van der Waals surface area contributed by atoms with Crippen LogP contribution in [0, 0.1) is 0 Å². The Kier molecular flexibility index (Phi) is 5.62. The summed E-state index contributed by atoms with van der Waals surface area (Å²) < 4.78 is 0. The predicted octanol–water partition coefficient (Wildman–Crippen LogP) is 2.82. The van der Waals surface area contributed by atoms with Crippen LogP contribution < -0.4 is 0 Å². The highest BCUT2D eigenvalue weighted by Gasteiger charge is 1.98. The molecule has 0 spiro atoms. The molecule has 0 aromatic carbocycles. The number of carbonyl (C=O) groups excluding carboxylic acids is 1. The van der Waals surface area contributed by atoms with Crippen molar-refractivity contribution in [2.45, 2.75) is 13.8 Å². The smallest absolute Gasteiger partial charge is 0.185 e. The number of ketones is 1. The van der Waals surface area contributed by atoms with Gasteiger partial charge in [-0.05, 0) is 19.9 Å². The fraction of sp³-hybridized carbons (Fsp3) is 0.182. The molecule has 0 aromatic heterocycles. The largest absolute Gasteiger partial charge is 0.289 e. The lowest BCUT2D eigenvalue weighted by molar-refractivity contribution is -0.111. The lowest BCUT2D eigenvalue weighted by atomic mass is 10.1. The van der Waals surface area contributed by atoms with E-state index in [1.165, 1.54) is 0 Å². The molecule has 0 radical (unpaired) electrons. The fourth-order valence-electron chi connectivity index (χ4n) is 0.740. The molecule has 64 valence electrons. The van der Waals surface area contributed by atoms with E-state index in [0.717, 1.165) is 0 Å². The number of allylic oxidation sites excluding steroid dienone is 7. The summed E-state index contributed by atoms with van der Waals surface area (Å²) in [7, 11) is 0. The zero-order chi connectivity index (χ0) is 9.40. The molecule has 0 fully saturated rings. The van der Waals surface area contributed by atoms with Crippen LogP contribution in [0.15, 0.2) is 48.6 Å². The van der Waals surface area contributed by atoms with E-state index < -0.39 is 0 Å². The third kappa shape index (κ3) is 3.71. The normalized spacial score (nSPS) is 12.7. The van der Waals surface area contributed by atoms with Crippen molar-refractivity contribution in [1.29, 1.82) is 0 Å². The number of rotatable bonds is 4. The summed E-state index contributed by atoms with van der Waals surface area (Å²) in [5.74, 6) is 0.0260. The molecule has 12 heavy (non-hydrogen) atoms. The van der Waals surface area contributed by atoms with E-state index in [4.69, 9.17) is 0 Å². The van der Waals surface area contributed by atoms with Crippen LogP contribution in [-0.4, -0.2) is 5.78 Å². The number of hydrogen-bond donors (Lipinski definition) is 0. The summed E-state index contributed by atoms with van der Waals surface area (Å²) in [6.45, 7) is 7.19. The first-order valence-electron chi connectivity index (χ1n) is 3.88. The quantitative estimate of drug-likeness (QED) is 0.459. The highest BCUT2D eigenvalue weighted by molar-refractivity contribution is 6.05. The van der Waals surface area contributed by atoms with Gasteiger partial charge in [0.05, 0.1) is 0 Å². The van der Waals surface area contributed by atoms with Crippen molar-refractivity contribution in [3.8, 4) is 0 Å². The Morgan fingerprint density at radius 2 is 1.92 bits per heavy atom. The second-order valence-corrected chi connectivity index (χ2v) is 2.20. The maximum absolute atomic E-state index is 11.2. The molecular formula is C11H14O. The van der Waals surface area contributed by atoms with E-state index in [9.17, 15) is 4.79 Å². The second kappa shape index (κ2) is 6.35. The molecule has 1 nitrogen and oxygen atoms in total.